The Morgan fingerprint density at radius 3 is 2.95 bits per heavy atom. The average Bonchev–Trinajstić information content (AvgIpc) is 2.92. The Bertz CT molecular complexity index is 448. The predicted molar refractivity (Wildman–Crippen MR) is 81.8 cm³/mol. The lowest BCUT2D eigenvalue weighted by Gasteiger charge is -2.37. The number of aryl methyl sites for hydroxylation is 1. The highest BCUT2D eigenvalue weighted by atomic mass is 16.3. The molecule has 3 nitrogen and oxygen atoms in total. The van der Waals surface area contributed by atoms with Crippen LogP contribution in [0.1, 0.15) is 36.5 Å². The molecule has 2 heterocycles. The van der Waals surface area contributed by atoms with Gasteiger partial charge >= 0.3 is 0 Å². The highest BCUT2D eigenvalue weighted by Crippen LogP contribution is 2.24. The van der Waals surface area contributed by atoms with Crippen molar-refractivity contribution in [2.75, 3.05) is 32.7 Å². The van der Waals surface area contributed by atoms with Crippen LogP contribution in [0.25, 0.3) is 0 Å². The minimum Gasteiger partial charge on any atom is -0.388 e. The summed E-state index contributed by atoms with van der Waals surface area (Å²) >= 11 is 0. The van der Waals surface area contributed by atoms with Crippen LogP contribution in [0.5, 0.6) is 0 Å². The number of benzene rings is 1. The summed E-state index contributed by atoms with van der Waals surface area (Å²) in [6.07, 6.45) is 3.25. The summed E-state index contributed by atoms with van der Waals surface area (Å²) in [5.41, 5.74) is 2.28. The summed E-state index contributed by atoms with van der Waals surface area (Å²) in [4.78, 5) is 5.17. The quantitative estimate of drug-likeness (QED) is 0.912. The van der Waals surface area contributed by atoms with Gasteiger partial charge in [0.2, 0.25) is 0 Å². The molecule has 0 amide bonds. The molecule has 1 aromatic rings. The zero-order valence-corrected chi connectivity index (χ0v) is 12.5. The van der Waals surface area contributed by atoms with Crippen LogP contribution in [0.4, 0.5) is 0 Å². The van der Waals surface area contributed by atoms with E-state index in [0.717, 1.165) is 31.1 Å². The molecule has 2 aliphatic heterocycles. The lowest BCUT2D eigenvalue weighted by atomic mass is 10.0. The molecule has 2 atom stereocenters. The number of piperazine rings is 1. The molecule has 0 saturated carbocycles. The normalized spacial score (nSPS) is 25.6. The average molecular weight is 274 g/mol. The molecule has 3 heteroatoms. The molecule has 2 aliphatic rings. The van der Waals surface area contributed by atoms with E-state index < -0.39 is 0 Å². The summed E-state index contributed by atoms with van der Waals surface area (Å²) in [7, 11) is 0. The van der Waals surface area contributed by atoms with Crippen molar-refractivity contribution >= 4 is 0 Å². The molecular weight excluding hydrogens is 248 g/mol. The molecule has 3 rings (SSSR count). The fourth-order valence-corrected chi connectivity index (χ4v) is 3.68. The van der Waals surface area contributed by atoms with Gasteiger partial charge in [-0.2, -0.15) is 0 Å². The molecule has 0 spiro atoms. The fraction of sp³-hybridized carbons (Fsp3) is 0.647. The van der Waals surface area contributed by atoms with Crippen molar-refractivity contribution in [2.45, 2.75) is 38.3 Å². The predicted octanol–water partition coefficient (Wildman–Crippen LogP) is 2.20. The second-order valence-corrected chi connectivity index (χ2v) is 6.29. The van der Waals surface area contributed by atoms with Crippen LogP contribution in [0.15, 0.2) is 24.3 Å². The van der Waals surface area contributed by atoms with E-state index in [0.29, 0.717) is 0 Å². The number of aliphatic hydroxyl groups excluding tert-OH is 1. The van der Waals surface area contributed by atoms with Gasteiger partial charge in [-0.3, -0.25) is 4.90 Å². The van der Waals surface area contributed by atoms with Gasteiger partial charge < -0.3 is 10.0 Å². The second kappa shape index (κ2) is 6.25. The maximum atomic E-state index is 10.4. The van der Waals surface area contributed by atoms with Crippen molar-refractivity contribution in [1.29, 1.82) is 0 Å². The highest BCUT2D eigenvalue weighted by Gasteiger charge is 2.30. The van der Waals surface area contributed by atoms with Crippen LogP contribution in [-0.4, -0.2) is 53.7 Å². The largest absolute Gasteiger partial charge is 0.388 e. The Kier molecular flexibility index (Phi) is 4.39. The summed E-state index contributed by atoms with van der Waals surface area (Å²) in [6.45, 7) is 7.96. The first kappa shape index (κ1) is 14.1. The van der Waals surface area contributed by atoms with Crippen LogP contribution in [0, 0.1) is 6.92 Å². The molecule has 0 bridgehead atoms. The third-order valence-electron chi connectivity index (χ3n) is 4.94. The third kappa shape index (κ3) is 3.05. The highest BCUT2D eigenvalue weighted by molar-refractivity contribution is 5.27. The van der Waals surface area contributed by atoms with Crippen LogP contribution in [0.2, 0.25) is 0 Å². The van der Waals surface area contributed by atoms with E-state index in [2.05, 4.69) is 28.9 Å². The lowest BCUT2D eigenvalue weighted by Crippen LogP contribution is -2.50. The number of hydrogen-bond acceptors (Lipinski definition) is 3. The van der Waals surface area contributed by atoms with Gasteiger partial charge in [-0.1, -0.05) is 24.3 Å². The summed E-state index contributed by atoms with van der Waals surface area (Å²) in [5.74, 6) is 0. The van der Waals surface area contributed by atoms with E-state index in [1.807, 2.05) is 12.1 Å². The van der Waals surface area contributed by atoms with Gasteiger partial charge in [0.05, 0.1) is 6.10 Å². The zero-order valence-electron chi connectivity index (χ0n) is 12.5. The van der Waals surface area contributed by atoms with Crippen molar-refractivity contribution in [3.05, 3.63) is 35.4 Å². The van der Waals surface area contributed by atoms with Crippen molar-refractivity contribution in [3.8, 4) is 0 Å². The zero-order chi connectivity index (χ0) is 13.9. The Hall–Kier alpha value is -0.900. The Morgan fingerprint density at radius 2 is 2.10 bits per heavy atom. The van der Waals surface area contributed by atoms with Crippen molar-refractivity contribution in [2.24, 2.45) is 0 Å². The molecule has 110 valence electrons. The van der Waals surface area contributed by atoms with Crippen molar-refractivity contribution in [3.63, 3.8) is 0 Å². The fourth-order valence-electron chi connectivity index (χ4n) is 3.68. The van der Waals surface area contributed by atoms with Crippen LogP contribution in [0.3, 0.4) is 0 Å². The van der Waals surface area contributed by atoms with Gasteiger partial charge in [0, 0.05) is 32.2 Å². The van der Waals surface area contributed by atoms with E-state index in [4.69, 9.17) is 0 Å². The first-order valence-corrected chi connectivity index (χ1v) is 7.94. The van der Waals surface area contributed by atoms with E-state index in [1.165, 1.54) is 38.0 Å². The number of rotatable bonds is 4. The van der Waals surface area contributed by atoms with Gasteiger partial charge in [-0.05, 0) is 43.9 Å². The van der Waals surface area contributed by atoms with E-state index >= 15 is 0 Å². The summed E-state index contributed by atoms with van der Waals surface area (Å²) in [5, 5.41) is 10.4. The Morgan fingerprint density at radius 1 is 1.25 bits per heavy atom. The number of aliphatic hydroxyl groups is 1. The molecular formula is C17H26N2O. The Balaban J connectivity index is 1.51. The van der Waals surface area contributed by atoms with E-state index in [9.17, 15) is 5.11 Å². The smallest absolute Gasteiger partial charge is 0.0804 e. The lowest BCUT2D eigenvalue weighted by molar-refractivity contribution is 0.0834. The van der Waals surface area contributed by atoms with Gasteiger partial charge in [0.1, 0.15) is 0 Å². The van der Waals surface area contributed by atoms with Crippen molar-refractivity contribution in [1.82, 2.24) is 9.80 Å². The van der Waals surface area contributed by atoms with Gasteiger partial charge in [0.25, 0.3) is 0 Å². The first-order valence-electron chi connectivity index (χ1n) is 7.94. The second-order valence-electron chi connectivity index (χ2n) is 6.29. The third-order valence-corrected chi connectivity index (χ3v) is 4.94. The van der Waals surface area contributed by atoms with Crippen LogP contribution in [-0.2, 0) is 0 Å². The molecule has 20 heavy (non-hydrogen) atoms. The number of hydrogen-bond donors (Lipinski definition) is 1. The monoisotopic (exact) mass is 274 g/mol. The van der Waals surface area contributed by atoms with Gasteiger partial charge in [-0.25, -0.2) is 0 Å². The Labute approximate surface area is 122 Å². The molecule has 1 N–H and O–H groups in total. The summed E-state index contributed by atoms with van der Waals surface area (Å²) < 4.78 is 0. The van der Waals surface area contributed by atoms with E-state index in [-0.39, 0.29) is 6.10 Å². The maximum absolute atomic E-state index is 10.4. The van der Waals surface area contributed by atoms with Crippen LogP contribution < -0.4 is 0 Å². The minimum atomic E-state index is -0.321. The molecule has 0 aromatic heterocycles. The van der Waals surface area contributed by atoms with Crippen LogP contribution >= 0.6 is 0 Å². The molecule has 0 aliphatic carbocycles. The molecule has 2 unspecified atom stereocenters. The molecule has 0 radical (unpaired) electrons. The minimum absolute atomic E-state index is 0.321. The molecule has 2 fully saturated rings. The summed E-state index contributed by atoms with van der Waals surface area (Å²) in [6, 6.07) is 8.96. The standard InChI is InChI=1S/C17H26N2O/c1-14-5-2-3-7-16(14)17(20)8-10-18-11-12-19-9-4-6-15(19)13-18/h2-3,5,7,15,17,20H,4,6,8-13H2,1H3. The number of nitrogens with zero attached hydrogens (tertiary/aromatic N) is 2. The van der Waals surface area contributed by atoms with E-state index in [1.54, 1.807) is 0 Å². The number of fused-ring (bicyclic) bond motifs is 1. The van der Waals surface area contributed by atoms with Gasteiger partial charge in [-0.15, -0.1) is 0 Å². The molecule has 1 aromatic carbocycles. The molecule has 2 saturated heterocycles. The maximum Gasteiger partial charge on any atom is 0.0804 e. The van der Waals surface area contributed by atoms with Crippen molar-refractivity contribution < 1.29 is 5.11 Å². The van der Waals surface area contributed by atoms with Gasteiger partial charge in [0.15, 0.2) is 0 Å². The first-order chi connectivity index (χ1) is 9.74. The topological polar surface area (TPSA) is 26.7 Å². The SMILES string of the molecule is Cc1ccccc1C(O)CCN1CCN2CCCC2C1.